The normalized spacial score (nSPS) is 18.2. The van der Waals surface area contributed by atoms with Crippen LogP contribution in [0, 0.1) is 10.8 Å². The SMILES string of the molecule is CCC(CC)(CF)C(F)(F)OC(F)(F)C(CC)(CC)CF.CF.CF.CP1(C)=NP(C)(C)=NP(C)(C)=N1. The van der Waals surface area contributed by atoms with Crippen molar-refractivity contribution in [2.45, 2.75) is 65.6 Å². The van der Waals surface area contributed by atoms with Crippen LogP contribution in [-0.4, -0.2) is 79.9 Å². The average molecular weight is 616 g/mol. The Morgan fingerprint density at radius 1 is 0.514 bits per heavy atom. The van der Waals surface area contributed by atoms with Crippen molar-refractivity contribution >= 4 is 21.6 Å². The van der Waals surface area contributed by atoms with E-state index in [-0.39, 0.29) is 25.7 Å². The van der Waals surface area contributed by atoms with Gasteiger partial charge in [0.2, 0.25) is 0 Å². The van der Waals surface area contributed by atoms with Crippen LogP contribution in [0.25, 0.3) is 0 Å². The molecule has 0 spiro atoms. The zero-order valence-electron chi connectivity index (χ0n) is 24.4. The zero-order valence-corrected chi connectivity index (χ0v) is 27.0. The molecule has 0 aromatic rings. The van der Waals surface area contributed by atoms with Crippen LogP contribution in [0.2, 0.25) is 0 Å². The summed E-state index contributed by atoms with van der Waals surface area (Å²) in [5.74, 6) is 0. The predicted molar refractivity (Wildman–Crippen MR) is 147 cm³/mol. The molecule has 37 heavy (non-hydrogen) atoms. The van der Waals surface area contributed by atoms with Crippen molar-refractivity contribution in [3.63, 3.8) is 0 Å². The van der Waals surface area contributed by atoms with Crippen molar-refractivity contribution in [2.75, 3.05) is 67.7 Å². The van der Waals surface area contributed by atoms with Crippen molar-refractivity contribution in [1.82, 2.24) is 0 Å². The van der Waals surface area contributed by atoms with Crippen molar-refractivity contribution in [3.05, 3.63) is 0 Å². The topological polar surface area (TPSA) is 46.3 Å². The molecule has 0 radical (unpaired) electrons. The van der Waals surface area contributed by atoms with Gasteiger partial charge in [-0.1, -0.05) is 27.7 Å². The average Bonchev–Trinajstić information content (AvgIpc) is 2.75. The van der Waals surface area contributed by atoms with Gasteiger partial charge in [0.05, 0.1) is 46.8 Å². The van der Waals surface area contributed by atoms with Gasteiger partial charge < -0.3 is 0 Å². The largest absolute Gasteiger partial charge is 0.368 e. The number of ether oxygens (including phenoxy) is 1. The quantitative estimate of drug-likeness (QED) is 0.178. The minimum atomic E-state index is -4.39. The van der Waals surface area contributed by atoms with E-state index in [1.165, 1.54) is 27.7 Å². The van der Waals surface area contributed by atoms with Gasteiger partial charge in [-0.05, 0) is 65.7 Å². The van der Waals surface area contributed by atoms with E-state index in [2.05, 4.69) is 44.7 Å². The van der Waals surface area contributed by atoms with E-state index in [0.717, 1.165) is 0 Å². The van der Waals surface area contributed by atoms with Crippen LogP contribution in [0.4, 0.5) is 35.1 Å². The van der Waals surface area contributed by atoms with Gasteiger partial charge in [-0.3, -0.25) is 22.3 Å². The summed E-state index contributed by atoms with van der Waals surface area (Å²) in [6.45, 7) is 15.2. The van der Waals surface area contributed by atoms with Crippen molar-refractivity contribution < 1.29 is 39.9 Å². The van der Waals surface area contributed by atoms with E-state index < -0.39 is 58.0 Å². The first-order valence-electron chi connectivity index (χ1n) is 11.8. The van der Waals surface area contributed by atoms with E-state index >= 15 is 0 Å². The van der Waals surface area contributed by atoms with Crippen molar-refractivity contribution in [2.24, 2.45) is 24.4 Å². The molecule has 0 N–H and O–H groups in total. The third-order valence-electron chi connectivity index (χ3n) is 6.02. The number of rotatable bonds is 10. The van der Waals surface area contributed by atoms with Crippen molar-refractivity contribution in [1.29, 1.82) is 0 Å². The number of nitrogens with zero attached hydrogens (tertiary/aromatic N) is 3. The molecule has 4 nitrogen and oxygen atoms in total. The monoisotopic (exact) mass is 615 g/mol. The lowest BCUT2D eigenvalue weighted by molar-refractivity contribution is -0.443. The first kappa shape index (κ1) is 41.6. The van der Waals surface area contributed by atoms with Gasteiger partial charge >= 0.3 is 12.2 Å². The van der Waals surface area contributed by atoms with Crippen LogP contribution in [0.1, 0.15) is 53.4 Å². The highest BCUT2D eigenvalue weighted by Gasteiger charge is 2.63. The molecule has 0 aromatic heterocycles. The van der Waals surface area contributed by atoms with Gasteiger partial charge in [-0.15, -0.1) is 0 Å². The molecule has 1 aliphatic rings. The van der Waals surface area contributed by atoms with Crippen LogP contribution in [0.5, 0.6) is 0 Å². The molecule has 0 aromatic carbocycles. The predicted octanol–water partition coefficient (Wildman–Crippen LogP) is 11.0. The standard InChI is InChI=1S/C14H24F6O.C6H18N3P3.2CH3F/c1-5-11(6-2,9-15)13(17,18)21-14(19,20)12(7-3,8-4)10-16;1-10(2)7-11(3,4)9-12(5,6)8-10;2*1-2/h5-10H2,1-4H3;1-6H3;2*1H3. The van der Waals surface area contributed by atoms with Gasteiger partial charge in [0.15, 0.2) is 0 Å². The molecule has 0 amide bonds. The Morgan fingerprint density at radius 3 is 0.838 bits per heavy atom. The molecule has 228 valence electrons. The molecular formula is C22H48F8N3OP3. The number of halogens is 8. The maximum atomic E-state index is 14.1. The summed E-state index contributed by atoms with van der Waals surface area (Å²) >= 11 is 0. The second-order valence-electron chi connectivity index (χ2n) is 9.66. The lowest BCUT2D eigenvalue weighted by Crippen LogP contribution is -2.54. The van der Waals surface area contributed by atoms with E-state index in [0.29, 0.717) is 14.4 Å². The molecule has 1 heterocycles. The third kappa shape index (κ3) is 11.6. The van der Waals surface area contributed by atoms with Crippen molar-refractivity contribution in [3.8, 4) is 0 Å². The van der Waals surface area contributed by atoms with E-state index in [9.17, 15) is 35.1 Å². The molecule has 0 saturated carbocycles. The van der Waals surface area contributed by atoms with Gasteiger partial charge in [0, 0.05) is 0 Å². The Balaban J connectivity index is -0.000000608. The van der Waals surface area contributed by atoms with Crippen LogP contribution in [0.3, 0.4) is 0 Å². The number of hydrogen-bond donors (Lipinski definition) is 0. The van der Waals surface area contributed by atoms with Gasteiger partial charge in [-0.25, -0.2) is 13.5 Å². The minimum Gasteiger partial charge on any atom is -0.255 e. The summed E-state index contributed by atoms with van der Waals surface area (Å²) in [5, 5.41) is 0. The van der Waals surface area contributed by atoms with E-state index in [1.54, 1.807) is 0 Å². The fourth-order valence-electron chi connectivity index (χ4n) is 3.89. The zero-order chi connectivity index (χ0) is 30.6. The summed E-state index contributed by atoms with van der Waals surface area (Å²) in [6.07, 6.45) is -10.3. The molecule has 0 atom stereocenters. The Morgan fingerprint density at radius 2 is 0.703 bits per heavy atom. The Bertz CT molecular complexity index is 692. The first-order valence-corrected chi connectivity index (χ1v) is 19.6. The first-order chi connectivity index (χ1) is 16.7. The van der Waals surface area contributed by atoms with E-state index in [1.807, 2.05) is 0 Å². The second-order valence-corrected chi connectivity index (χ2v) is 19.8. The molecule has 0 bridgehead atoms. The summed E-state index contributed by atoms with van der Waals surface area (Å²) in [6, 6.07) is 0. The third-order valence-corrected chi connectivity index (χ3v) is 16.5. The van der Waals surface area contributed by atoms with Crippen LogP contribution in [0.15, 0.2) is 13.5 Å². The van der Waals surface area contributed by atoms with Gasteiger partial charge in [0.1, 0.15) is 13.3 Å². The molecule has 0 fully saturated rings. The Hall–Kier alpha value is 0.0900. The lowest BCUT2D eigenvalue weighted by atomic mass is 9.80. The molecule has 1 rings (SSSR count). The molecule has 0 unspecified atom stereocenters. The number of alkyl halides is 8. The van der Waals surface area contributed by atoms with Gasteiger partial charge in [-0.2, -0.15) is 17.6 Å². The summed E-state index contributed by atoms with van der Waals surface area (Å²) in [5.41, 5.74) is -4.67. The highest BCUT2D eigenvalue weighted by atomic mass is 31.2. The maximum absolute atomic E-state index is 14.1. The number of hydrogen-bond acceptors (Lipinski definition) is 4. The van der Waals surface area contributed by atoms with E-state index in [4.69, 9.17) is 13.5 Å². The maximum Gasteiger partial charge on any atom is 0.368 e. The summed E-state index contributed by atoms with van der Waals surface area (Å²) < 4.78 is 120. The van der Waals surface area contributed by atoms with Crippen LogP contribution in [-0.2, 0) is 4.74 Å². The molecule has 0 saturated heterocycles. The molecule has 0 aliphatic carbocycles. The van der Waals surface area contributed by atoms with Gasteiger partial charge in [0.25, 0.3) is 0 Å². The minimum absolute atomic E-state index is 0.371. The fraction of sp³-hybridized carbons (Fsp3) is 1.00. The fourth-order valence-corrected chi connectivity index (χ4v) is 18.1. The highest BCUT2D eigenvalue weighted by molar-refractivity contribution is 7.85. The summed E-state index contributed by atoms with van der Waals surface area (Å²) in [7, 11) is -2.97. The Labute approximate surface area is 219 Å². The molecular weight excluding hydrogens is 567 g/mol. The Kier molecular flexibility index (Phi) is 18.4. The second kappa shape index (κ2) is 16.4. The van der Waals surface area contributed by atoms with Crippen LogP contribution < -0.4 is 0 Å². The van der Waals surface area contributed by atoms with Crippen LogP contribution >= 0.6 is 21.6 Å². The lowest BCUT2D eigenvalue weighted by Gasteiger charge is -2.43. The molecule has 15 heteroatoms. The summed E-state index contributed by atoms with van der Waals surface area (Å²) in [4.78, 5) is 0. The molecule has 1 aliphatic heterocycles. The highest BCUT2D eigenvalue weighted by Crippen LogP contribution is 2.71. The smallest absolute Gasteiger partial charge is 0.255 e.